The van der Waals surface area contributed by atoms with Crippen LogP contribution in [0.3, 0.4) is 0 Å². The van der Waals surface area contributed by atoms with Crippen LogP contribution in [0, 0.1) is 5.92 Å². The predicted molar refractivity (Wildman–Crippen MR) is 55.6 cm³/mol. The van der Waals surface area contributed by atoms with Crippen molar-refractivity contribution in [2.24, 2.45) is 5.92 Å². The molecule has 1 atom stereocenters. The highest BCUT2D eigenvalue weighted by Crippen LogP contribution is 2.42. The van der Waals surface area contributed by atoms with E-state index in [9.17, 15) is 4.39 Å². The Bertz CT molecular complexity index is 394. The molecule has 0 aromatic rings. The number of allylic oxidation sites excluding steroid dienone is 4. The first-order chi connectivity index (χ1) is 7.27. The average molecular weight is 207 g/mol. The van der Waals surface area contributed by atoms with Crippen LogP contribution >= 0.6 is 0 Å². The van der Waals surface area contributed by atoms with Crippen LogP contribution < -0.4 is 0 Å². The third-order valence-corrected chi connectivity index (χ3v) is 3.50. The Balaban J connectivity index is 2.02. The van der Waals surface area contributed by atoms with Crippen LogP contribution in [0.2, 0.25) is 0 Å². The van der Waals surface area contributed by atoms with Gasteiger partial charge in [0.2, 0.25) is 0 Å². The summed E-state index contributed by atoms with van der Waals surface area (Å²) in [6.45, 7) is 4.43. The van der Waals surface area contributed by atoms with Crippen molar-refractivity contribution in [1.82, 2.24) is 4.90 Å². The van der Waals surface area contributed by atoms with E-state index in [0.717, 1.165) is 25.3 Å². The van der Waals surface area contributed by atoms with E-state index < -0.39 is 0 Å². The molecule has 0 bridgehead atoms. The van der Waals surface area contributed by atoms with Crippen LogP contribution in [0.15, 0.2) is 34.9 Å². The Labute approximate surface area is 88.7 Å². The lowest BCUT2D eigenvalue weighted by Crippen LogP contribution is -2.31. The average Bonchev–Trinajstić information content (AvgIpc) is 2.54. The summed E-state index contributed by atoms with van der Waals surface area (Å²) in [6.07, 6.45) is 4.15. The first kappa shape index (κ1) is 9.16. The molecule has 0 radical (unpaired) electrons. The molecule has 2 nitrogen and oxygen atoms in total. The second-order valence-corrected chi connectivity index (χ2v) is 4.28. The third kappa shape index (κ3) is 1.26. The maximum Gasteiger partial charge on any atom is 0.121 e. The lowest BCUT2D eigenvalue weighted by Gasteiger charge is -2.30. The van der Waals surface area contributed by atoms with Crippen LogP contribution in [0.5, 0.6) is 0 Å². The fourth-order valence-electron chi connectivity index (χ4n) is 2.67. The van der Waals surface area contributed by atoms with E-state index in [1.54, 1.807) is 12.2 Å². The molecule has 15 heavy (non-hydrogen) atoms. The van der Waals surface area contributed by atoms with Crippen LogP contribution in [0.4, 0.5) is 4.39 Å². The molecular weight excluding hydrogens is 193 g/mol. The lowest BCUT2D eigenvalue weighted by atomic mass is 9.92. The van der Waals surface area contributed by atoms with E-state index in [1.807, 2.05) is 0 Å². The summed E-state index contributed by atoms with van der Waals surface area (Å²) in [5, 5.41) is 0. The normalized spacial score (nSPS) is 29.7. The molecule has 0 saturated carbocycles. The Morgan fingerprint density at radius 3 is 3.27 bits per heavy atom. The van der Waals surface area contributed by atoms with E-state index in [4.69, 9.17) is 4.74 Å². The van der Waals surface area contributed by atoms with Gasteiger partial charge in [0.25, 0.3) is 0 Å². The molecule has 1 fully saturated rings. The van der Waals surface area contributed by atoms with Gasteiger partial charge in [-0.15, -0.1) is 0 Å². The largest absolute Gasteiger partial charge is 0.373 e. The highest BCUT2D eigenvalue weighted by molar-refractivity contribution is 5.41. The van der Waals surface area contributed by atoms with Crippen molar-refractivity contribution in [3.63, 3.8) is 0 Å². The second kappa shape index (κ2) is 3.20. The lowest BCUT2D eigenvalue weighted by molar-refractivity contribution is 0.0892. The Morgan fingerprint density at radius 1 is 1.53 bits per heavy atom. The predicted octanol–water partition coefficient (Wildman–Crippen LogP) is 2.36. The topological polar surface area (TPSA) is 12.5 Å². The summed E-state index contributed by atoms with van der Waals surface area (Å²) < 4.78 is 18.7. The van der Waals surface area contributed by atoms with Crippen LogP contribution in [0.25, 0.3) is 0 Å². The summed E-state index contributed by atoms with van der Waals surface area (Å²) in [4.78, 5) is 2.23. The van der Waals surface area contributed by atoms with E-state index in [0.29, 0.717) is 12.5 Å². The minimum atomic E-state index is -0.0956. The van der Waals surface area contributed by atoms with Gasteiger partial charge >= 0.3 is 0 Å². The molecule has 1 aliphatic carbocycles. The quantitative estimate of drug-likeness (QED) is 0.604. The SMILES string of the molecule is CC1=C2COCCN2C2=CC(F)=CCC21. The fraction of sp³-hybridized carbons (Fsp3) is 0.500. The minimum absolute atomic E-state index is 0.0956. The molecule has 0 aromatic carbocycles. The van der Waals surface area contributed by atoms with Gasteiger partial charge in [-0.1, -0.05) is 0 Å². The summed E-state index contributed by atoms with van der Waals surface area (Å²) in [6, 6.07) is 0. The minimum Gasteiger partial charge on any atom is -0.373 e. The van der Waals surface area contributed by atoms with Crippen LogP contribution in [0.1, 0.15) is 13.3 Å². The van der Waals surface area contributed by atoms with E-state index in [1.165, 1.54) is 11.3 Å². The number of morpholine rings is 1. The van der Waals surface area contributed by atoms with Crippen molar-refractivity contribution in [3.05, 3.63) is 34.9 Å². The molecule has 3 aliphatic rings. The summed E-state index contributed by atoms with van der Waals surface area (Å²) in [5.74, 6) is 0.294. The van der Waals surface area contributed by atoms with E-state index in [2.05, 4.69) is 11.8 Å². The number of fused-ring (bicyclic) bond motifs is 3. The molecule has 80 valence electrons. The molecule has 2 heterocycles. The smallest absolute Gasteiger partial charge is 0.121 e. The molecule has 1 saturated heterocycles. The highest BCUT2D eigenvalue weighted by atomic mass is 19.1. The van der Waals surface area contributed by atoms with Gasteiger partial charge in [0, 0.05) is 23.9 Å². The highest BCUT2D eigenvalue weighted by Gasteiger charge is 2.36. The zero-order valence-corrected chi connectivity index (χ0v) is 8.79. The van der Waals surface area contributed by atoms with Crippen molar-refractivity contribution < 1.29 is 9.13 Å². The van der Waals surface area contributed by atoms with Gasteiger partial charge in [-0.05, 0) is 31.1 Å². The van der Waals surface area contributed by atoms with Crippen molar-refractivity contribution in [3.8, 4) is 0 Å². The molecule has 3 heteroatoms. The Kier molecular flexibility index (Phi) is 1.96. The van der Waals surface area contributed by atoms with E-state index >= 15 is 0 Å². The number of hydrogen-bond donors (Lipinski definition) is 0. The number of hydrogen-bond acceptors (Lipinski definition) is 2. The van der Waals surface area contributed by atoms with Gasteiger partial charge < -0.3 is 9.64 Å². The first-order valence-corrected chi connectivity index (χ1v) is 5.39. The van der Waals surface area contributed by atoms with Gasteiger partial charge in [0.15, 0.2) is 0 Å². The Hall–Kier alpha value is -1.09. The summed E-state index contributed by atoms with van der Waals surface area (Å²) in [7, 11) is 0. The Morgan fingerprint density at radius 2 is 2.40 bits per heavy atom. The molecule has 0 spiro atoms. The molecule has 3 rings (SSSR count). The van der Waals surface area contributed by atoms with Crippen molar-refractivity contribution in [1.29, 1.82) is 0 Å². The van der Waals surface area contributed by atoms with Gasteiger partial charge in [-0.2, -0.15) is 0 Å². The van der Waals surface area contributed by atoms with Crippen molar-refractivity contribution in [2.45, 2.75) is 13.3 Å². The maximum atomic E-state index is 13.2. The number of nitrogens with zero attached hydrogens (tertiary/aromatic N) is 1. The van der Waals surface area contributed by atoms with Crippen molar-refractivity contribution in [2.75, 3.05) is 19.8 Å². The van der Waals surface area contributed by atoms with Gasteiger partial charge in [0.1, 0.15) is 5.83 Å². The zero-order valence-electron chi connectivity index (χ0n) is 8.79. The summed E-state index contributed by atoms with van der Waals surface area (Å²) in [5.41, 5.74) is 3.73. The van der Waals surface area contributed by atoms with Crippen molar-refractivity contribution >= 4 is 0 Å². The van der Waals surface area contributed by atoms with Crippen LogP contribution in [-0.2, 0) is 4.74 Å². The number of halogens is 1. The van der Waals surface area contributed by atoms with Gasteiger partial charge in [-0.3, -0.25) is 0 Å². The van der Waals surface area contributed by atoms with Gasteiger partial charge in [0.05, 0.1) is 13.2 Å². The molecule has 2 aliphatic heterocycles. The third-order valence-electron chi connectivity index (χ3n) is 3.50. The van der Waals surface area contributed by atoms with Gasteiger partial charge in [-0.25, -0.2) is 4.39 Å². The molecule has 0 amide bonds. The maximum absolute atomic E-state index is 13.2. The molecule has 0 N–H and O–H groups in total. The monoisotopic (exact) mass is 207 g/mol. The molecule has 1 unspecified atom stereocenters. The molecular formula is C12H14FNO. The second-order valence-electron chi connectivity index (χ2n) is 4.28. The molecule has 0 aromatic heterocycles. The van der Waals surface area contributed by atoms with Crippen LogP contribution in [-0.4, -0.2) is 24.7 Å². The number of ether oxygens (including phenoxy) is 1. The fourth-order valence-corrected chi connectivity index (χ4v) is 2.67. The zero-order chi connectivity index (χ0) is 10.4. The first-order valence-electron chi connectivity index (χ1n) is 5.39. The standard InChI is InChI=1S/C12H14FNO/c1-8-10-3-2-9(13)6-11(10)14-4-5-15-7-12(8)14/h2,6,10H,3-5,7H2,1H3. The number of rotatable bonds is 0. The van der Waals surface area contributed by atoms with E-state index in [-0.39, 0.29) is 5.83 Å². The summed E-state index contributed by atoms with van der Waals surface area (Å²) >= 11 is 0.